The third kappa shape index (κ3) is 2.98. The van der Waals surface area contributed by atoms with Crippen molar-refractivity contribution >= 4 is 17.2 Å². The molecule has 0 bridgehead atoms. The number of H-pyrrole nitrogens is 1. The Labute approximate surface area is 200 Å². The molecule has 4 aromatic rings. The maximum absolute atomic E-state index is 13.4. The third-order valence-electron chi connectivity index (χ3n) is 7.08. The topological polar surface area (TPSA) is 80.3 Å². The number of thiazole rings is 1. The summed E-state index contributed by atoms with van der Waals surface area (Å²) in [6.07, 6.45) is 6.07. The van der Waals surface area contributed by atoms with Gasteiger partial charge in [0.1, 0.15) is 17.1 Å². The van der Waals surface area contributed by atoms with E-state index in [0.717, 1.165) is 58.0 Å². The highest BCUT2D eigenvalue weighted by Crippen LogP contribution is 2.52. The maximum atomic E-state index is 13.4. The minimum absolute atomic E-state index is 0.0445. The van der Waals surface area contributed by atoms with Crippen LogP contribution in [0.5, 0.6) is 11.5 Å². The van der Waals surface area contributed by atoms with Crippen LogP contribution >= 0.6 is 11.3 Å². The molecule has 0 saturated heterocycles. The van der Waals surface area contributed by atoms with Crippen molar-refractivity contribution in [1.29, 1.82) is 0 Å². The number of para-hydroxylation sites is 1. The number of likely N-dealkylation sites (N-methyl/N-ethyl adjacent to an activating group) is 1. The van der Waals surface area contributed by atoms with Crippen LogP contribution in [0.1, 0.15) is 26.7 Å². The van der Waals surface area contributed by atoms with Crippen molar-refractivity contribution in [3.63, 3.8) is 0 Å². The zero-order valence-corrected chi connectivity index (χ0v) is 19.4. The highest BCUT2D eigenvalue weighted by Gasteiger charge is 2.63. The number of hydrogen-bond donors (Lipinski definition) is 1. The number of amides is 1. The van der Waals surface area contributed by atoms with Crippen molar-refractivity contribution in [1.82, 2.24) is 20.1 Å². The molecule has 2 aromatic heterocycles. The second-order valence-corrected chi connectivity index (χ2v) is 10.3. The van der Waals surface area contributed by atoms with Gasteiger partial charge in [-0.1, -0.05) is 24.3 Å². The van der Waals surface area contributed by atoms with E-state index in [2.05, 4.69) is 16.3 Å². The molecule has 1 amide bonds. The van der Waals surface area contributed by atoms with Crippen molar-refractivity contribution in [3.05, 3.63) is 70.3 Å². The number of aromatic amines is 1. The number of carbonyl (C=O) groups excluding carboxylic acids is 1. The molecule has 7 nitrogen and oxygen atoms in total. The fourth-order valence-electron chi connectivity index (χ4n) is 5.18. The Hall–Kier alpha value is -3.65. The smallest absolute Gasteiger partial charge is 0.282 e. The van der Waals surface area contributed by atoms with Crippen LogP contribution in [0.2, 0.25) is 0 Å². The van der Waals surface area contributed by atoms with Gasteiger partial charge in [-0.25, -0.2) is 4.98 Å². The van der Waals surface area contributed by atoms with Crippen molar-refractivity contribution in [3.8, 4) is 33.9 Å². The molecule has 2 atom stereocenters. The van der Waals surface area contributed by atoms with Crippen molar-refractivity contribution < 1.29 is 14.3 Å². The molecule has 8 heteroatoms. The Kier molecular flexibility index (Phi) is 4.17. The molecule has 0 radical (unpaired) electrons. The number of nitrogens with one attached hydrogen (secondary N) is 1. The minimum atomic E-state index is -0.285. The highest BCUT2D eigenvalue weighted by molar-refractivity contribution is 7.14. The van der Waals surface area contributed by atoms with E-state index in [4.69, 9.17) is 14.5 Å². The predicted molar refractivity (Wildman–Crippen MR) is 128 cm³/mol. The Morgan fingerprint density at radius 1 is 1.21 bits per heavy atom. The van der Waals surface area contributed by atoms with Gasteiger partial charge in [0.25, 0.3) is 5.91 Å². The fraction of sp³-hybridized carbons (Fsp3) is 0.269. The first-order valence-electron chi connectivity index (χ1n) is 11.4. The van der Waals surface area contributed by atoms with Gasteiger partial charge >= 0.3 is 0 Å². The van der Waals surface area contributed by atoms with E-state index in [1.165, 1.54) is 16.9 Å². The van der Waals surface area contributed by atoms with E-state index in [-0.39, 0.29) is 17.6 Å². The number of hydrogen-bond acceptors (Lipinski definition) is 6. The monoisotopic (exact) mass is 470 g/mol. The van der Waals surface area contributed by atoms with E-state index in [9.17, 15) is 4.79 Å². The summed E-state index contributed by atoms with van der Waals surface area (Å²) >= 11 is 1.48. The van der Waals surface area contributed by atoms with Gasteiger partial charge < -0.3 is 14.4 Å². The van der Waals surface area contributed by atoms with Crippen LogP contribution in [-0.2, 0) is 12.8 Å². The van der Waals surface area contributed by atoms with Gasteiger partial charge in [0.15, 0.2) is 5.01 Å². The van der Waals surface area contributed by atoms with E-state index in [1.54, 1.807) is 6.20 Å². The van der Waals surface area contributed by atoms with Crippen molar-refractivity contribution in [2.24, 2.45) is 0 Å². The molecule has 170 valence electrons. The van der Waals surface area contributed by atoms with E-state index >= 15 is 0 Å². The zero-order valence-electron chi connectivity index (χ0n) is 18.6. The normalized spacial score (nSPS) is 21.6. The predicted octanol–water partition coefficient (Wildman–Crippen LogP) is 4.35. The molecule has 1 aliphatic carbocycles. The first-order chi connectivity index (χ1) is 16.6. The molecular formula is C26H22N4O3S. The average molecular weight is 471 g/mol. The second kappa shape index (κ2) is 7.17. The lowest BCUT2D eigenvalue weighted by atomic mass is 10.0. The van der Waals surface area contributed by atoms with Crippen LogP contribution in [0, 0.1) is 0 Å². The maximum Gasteiger partial charge on any atom is 0.282 e. The van der Waals surface area contributed by atoms with Gasteiger partial charge in [-0.15, -0.1) is 11.3 Å². The zero-order chi connectivity index (χ0) is 22.9. The third-order valence-corrected chi connectivity index (χ3v) is 8.19. The minimum Gasteiger partial charge on any atom is -0.492 e. The molecule has 3 aliphatic rings. The lowest BCUT2D eigenvalue weighted by Crippen LogP contribution is -2.36. The highest BCUT2D eigenvalue weighted by atomic mass is 32.1. The molecule has 2 unspecified atom stereocenters. The first-order valence-corrected chi connectivity index (χ1v) is 12.2. The quantitative estimate of drug-likeness (QED) is 0.481. The number of aromatic nitrogens is 3. The lowest BCUT2D eigenvalue weighted by molar-refractivity contribution is 0.0726. The van der Waals surface area contributed by atoms with Gasteiger partial charge in [0.05, 0.1) is 24.5 Å². The molecule has 1 fully saturated rings. The van der Waals surface area contributed by atoms with Crippen LogP contribution in [-0.4, -0.2) is 51.3 Å². The number of benzene rings is 2. The molecule has 34 heavy (non-hydrogen) atoms. The number of rotatable bonds is 3. The van der Waals surface area contributed by atoms with E-state index in [0.29, 0.717) is 11.6 Å². The lowest BCUT2D eigenvalue weighted by Gasteiger charge is -2.19. The Morgan fingerprint density at radius 2 is 2.12 bits per heavy atom. The summed E-state index contributed by atoms with van der Waals surface area (Å²) < 4.78 is 12.3. The first kappa shape index (κ1) is 19.8. The van der Waals surface area contributed by atoms with E-state index in [1.807, 2.05) is 54.5 Å². The van der Waals surface area contributed by atoms with Crippen molar-refractivity contribution in [2.45, 2.75) is 30.9 Å². The summed E-state index contributed by atoms with van der Waals surface area (Å²) in [6.45, 7) is 0.554. The summed E-state index contributed by atoms with van der Waals surface area (Å²) in [5.74, 6) is 1.68. The number of nitrogens with zero attached hydrogens (tertiary/aromatic N) is 3. The van der Waals surface area contributed by atoms with Crippen LogP contribution in [0.15, 0.2) is 54.9 Å². The fourth-order valence-corrected chi connectivity index (χ4v) is 6.22. The molecule has 1 N–H and O–H groups in total. The average Bonchev–Trinajstić information content (AvgIpc) is 3.24. The molecule has 1 saturated carbocycles. The molecule has 7 rings (SSSR count). The van der Waals surface area contributed by atoms with Crippen molar-refractivity contribution in [2.75, 3.05) is 13.7 Å². The van der Waals surface area contributed by atoms with Gasteiger partial charge in [-0.05, 0) is 29.3 Å². The molecule has 1 spiro atoms. The molecular weight excluding hydrogens is 448 g/mol. The number of carbonyl (C=O) groups is 1. The Morgan fingerprint density at radius 3 is 2.97 bits per heavy atom. The summed E-state index contributed by atoms with van der Waals surface area (Å²) in [6, 6.07) is 14.3. The van der Waals surface area contributed by atoms with Crippen LogP contribution in [0.3, 0.4) is 0 Å². The van der Waals surface area contributed by atoms with Crippen LogP contribution < -0.4 is 9.47 Å². The van der Waals surface area contributed by atoms with Gasteiger partial charge in [0, 0.05) is 48.5 Å². The van der Waals surface area contributed by atoms with Gasteiger partial charge in [0.2, 0.25) is 0 Å². The second-order valence-electron chi connectivity index (χ2n) is 9.17. The largest absolute Gasteiger partial charge is 0.492 e. The SMILES string of the molecule is CN(C(=O)c1nc2c(s1)CCOc1cc(-c3cn[nH]c3)ccc1-2)C1CC12Cc1ccccc1O2. The summed E-state index contributed by atoms with van der Waals surface area (Å²) in [5, 5.41) is 7.41. The van der Waals surface area contributed by atoms with Gasteiger partial charge in [-0.3, -0.25) is 9.89 Å². The van der Waals surface area contributed by atoms with Gasteiger partial charge in [-0.2, -0.15) is 5.10 Å². The van der Waals surface area contributed by atoms with Crippen LogP contribution in [0.4, 0.5) is 0 Å². The number of fused-ring (bicyclic) bond motifs is 4. The summed E-state index contributed by atoms with van der Waals surface area (Å²) in [4.78, 5) is 21.2. The molecule has 2 aliphatic heterocycles. The van der Waals surface area contributed by atoms with Crippen LogP contribution in [0.25, 0.3) is 22.4 Å². The summed E-state index contributed by atoms with van der Waals surface area (Å²) in [7, 11) is 1.87. The Balaban J connectivity index is 1.16. The summed E-state index contributed by atoms with van der Waals surface area (Å²) in [5.41, 5.74) is 4.74. The standard InChI is InChI=1S/C26H22N4O3S/c1-30(22-12-26(22)11-16-4-2-3-5-19(16)33-26)25(31)24-29-23-18-7-6-15(17-13-27-28-14-17)10-20(18)32-9-8-21(23)34-24/h2-7,10,13-14,22H,8-9,11-12H2,1H3,(H,27,28). The Bertz CT molecular complexity index is 1400. The number of ether oxygens (including phenoxy) is 2. The molecule has 4 heterocycles. The van der Waals surface area contributed by atoms with E-state index < -0.39 is 0 Å². The molecule has 2 aromatic carbocycles.